The van der Waals surface area contributed by atoms with Gasteiger partial charge in [0, 0.05) is 35.8 Å². The number of nitrogens with one attached hydrogen (secondary N) is 2. The molecule has 1 saturated carbocycles. The fourth-order valence-corrected chi connectivity index (χ4v) is 4.72. The van der Waals surface area contributed by atoms with Crippen LogP contribution in [0, 0.1) is 5.92 Å². The van der Waals surface area contributed by atoms with E-state index in [9.17, 15) is 14.4 Å². The van der Waals surface area contributed by atoms with E-state index in [0.29, 0.717) is 15.8 Å². The second-order valence-corrected chi connectivity index (χ2v) is 8.74. The van der Waals surface area contributed by atoms with Crippen LogP contribution in [-0.2, 0) is 14.4 Å². The number of nitrogens with zero attached hydrogens (tertiary/aromatic N) is 2. The smallest absolute Gasteiger partial charge is 0.310 e. The lowest BCUT2D eigenvalue weighted by Gasteiger charge is -2.24. The Morgan fingerprint density at radius 2 is 1.93 bits per heavy atom. The normalized spacial score (nSPS) is 19.8. The number of benzene rings is 1. The van der Waals surface area contributed by atoms with Gasteiger partial charge in [0.05, 0.1) is 0 Å². The molecular weight excluding hydrogens is 412 g/mol. The van der Waals surface area contributed by atoms with Gasteiger partial charge in [-0.3, -0.25) is 14.4 Å². The predicted octanol–water partition coefficient (Wildman–Crippen LogP) is 2.71. The number of carbonyl (C=O) groups is 3. The summed E-state index contributed by atoms with van der Waals surface area (Å²) in [6.07, 6.45) is 4.68. The molecule has 0 aromatic heterocycles. The van der Waals surface area contributed by atoms with Crippen molar-refractivity contribution in [1.29, 1.82) is 0 Å². The summed E-state index contributed by atoms with van der Waals surface area (Å²) in [7, 11) is 1.86. The lowest BCUT2D eigenvalue weighted by Crippen LogP contribution is -2.43. The molecule has 7 nitrogen and oxygen atoms in total. The molecule has 0 radical (unpaired) electrons. The topological polar surface area (TPSA) is 90.9 Å². The summed E-state index contributed by atoms with van der Waals surface area (Å²) in [6, 6.07) is 5.58. The van der Waals surface area contributed by atoms with Gasteiger partial charge in [-0.25, -0.2) is 5.43 Å². The predicted molar refractivity (Wildman–Crippen MR) is 115 cm³/mol. The van der Waals surface area contributed by atoms with Crippen molar-refractivity contribution >= 4 is 46.1 Å². The van der Waals surface area contributed by atoms with E-state index in [4.69, 9.17) is 11.6 Å². The number of amidine groups is 1. The van der Waals surface area contributed by atoms with Gasteiger partial charge in [0.25, 0.3) is 0 Å². The number of Topliss-reactive ketones (excluding diaryl/α,β-unsaturated/α-hetero) is 1. The van der Waals surface area contributed by atoms with Crippen LogP contribution in [0.15, 0.2) is 29.4 Å². The van der Waals surface area contributed by atoms with Crippen LogP contribution in [0.4, 0.5) is 0 Å². The van der Waals surface area contributed by atoms with Crippen LogP contribution >= 0.6 is 23.4 Å². The van der Waals surface area contributed by atoms with Crippen molar-refractivity contribution in [2.45, 2.75) is 38.1 Å². The SMILES string of the molecule is CN1CCS/C1=N\NC(=O)C(=O)C(NC(=O)C1CCCCC1)c1ccccc1Cl. The number of carbonyl (C=O) groups excluding carboxylic acids is 3. The summed E-state index contributed by atoms with van der Waals surface area (Å²) < 4.78 is 0. The highest BCUT2D eigenvalue weighted by Gasteiger charge is 2.32. The highest BCUT2D eigenvalue weighted by atomic mass is 35.5. The fourth-order valence-electron chi connectivity index (χ4n) is 3.50. The molecule has 2 N–H and O–H groups in total. The molecule has 1 aliphatic heterocycles. The van der Waals surface area contributed by atoms with Gasteiger partial charge in [0.15, 0.2) is 5.17 Å². The number of halogens is 1. The van der Waals surface area contributed by atoms with Crippen molar-refractivity contribution in [3.05, 3.63) is 34.9 Å². The molecule has 2 amide bonds. The average Bonchev–Trinajstić information content (AvgIpc) is 3.15. The van der Waals surface area contributed by atoms with E-state index in [1.54, 1.807) is 24.3 Å². The van der Waals surface area contributed by atoms with Crippen molar-refractivity contribution < 1.29 is 14.4 Å². The van der Waals surface area contributed by atoms with E-state index in [1.807, 2.05) is 11.9 Å². The van der Waals surface area contributed by atoms with Crippen LogP contribution in [0.2, 0.25) is 5.02 Å². The maximum absolute atomic E-state index is 12.9. The number of amides is 2. The Morgan fingerprint density at radius 1 is 1.21 bits per heavy atom. The van der Waals surface area contributed by atoms with E-state index in [1.165, 1.54) is 11.8 Å². The maximum Gasteiger partial charge on any atom is 0.310 e. The molecule has 156 valence electrons. The number of hydrogen-bond acceptors (Lipinski definition) is 5. The molecule has 1 aromatic carbocycles. The summed E-state index contributed by atoms with van der Waals surface area (Å²) in [5.74, 6) is -1.16. The molecule has 0 spiro atoms. The molecule has 2 fully saturated rings. The van der Waals surface area contributed by atoms with Crippen LogP contribution in [0.25, 0.3) is 0 Å². The molecule has 1 aromatic rings. The molecule has 1 aliphatic carbocycles. The van der Waals surface area contributed by atoms with Crippen molar-refractivity contribution in [1.82, 2.24) is 15.6 Å². The van der Waals surface area contributed by atoms with Crippen molar-refractivity contribution in [2.75, 3.05) is 19.3 Å². The molecule has 0 bridgehead atoms. The molecule has 1 unspecified atom stereocenters. The Morgan fingerprint density at radius 3 is 2.59 bits per heavy atom. The van der Waals surface area contributed by atoms with Gasteiger partial charge >= 0.3 is 5.91 Å². The monoisotopic (exact) mass is 436 g/mol. The first-order chi connectivity index (χ1) is 14.0. The number of hydrogen-bond donors (Lipinski definition) is 2. The van der Waals surface area contributed by atoms with Gasteiger partial charge in [0.1, 0.15) is 6.04 Å². The van der Waals surface area contributed by atoms with Crippen molar-refractivity contribution in [3.63, 3.8) is 0 Å². The van der Waals surface area contributed by atoms with Crippen LogP contribution in [0.1, 0.15) is 43.7 Å². The molecule has 2 aliphatic rings. The van der Waals surface area contributed by atoms with Gasteiger partial charge in [0.2, 0.25) is 11.7 Å². The average molecular weight is 437 g/mol. The third-order valence-corrected chi connectivity index (χ3v) is 6.59. The van der Waals surface area contributed by atoms with E-state index >= 15 is 0 Å². The quantitative estimate of drug-likeness (QED) is 0.528. The van der Waals surface area contributed by atoms with Crippen LogP contribution in [0.5, 0.6) is 0 Å². The number of rotatable bonds is 6. The van der Waals surface area contributed by atoms with Crippen molar-refractivity contribution in [3.8, 4) is 0 Å². The first-order valence-corrected chi connectivity index (χ1v) is 11.1. The number of ketones is 1. The van der Waals surface area contributed by atoms with E-state index in [0.717, 1.165) is 44.4 Å². The highest BCUT2D eigenvalue weighted by molar-refractivity contribution is 8.14. The minimum atomic E-state index is -1.15. The van der Waals surface area contributed by atoms with Crippen LogP contribution in [-0.4, -0.2) is 47.0 Å². The lowest BCUT2D eigenvalue weighted by atomic mass is 9.88. The second-order valence-electron chi connectivity index (χ2n) is 7.27. The Labute approximate surface area is 179 Å². The summed E-state index contributed by atoms with van der Waals surface area (Å²) in [5.41, 5.74) is 2.72. The summed E-state index contributed by atoms with van der Waals surface area (Å²) in [5, 5.41) is 7.76. The lowest BCUT2D eigenvalue weighted by molar-refractivity contribution is -0.140. The Bertz CT molecular complexity index is 811. The maximum atomic E-state index is 12.9. The first-order valence-electron chi connectivity index (χ1n) is 9.78. The number of hydrazone groups is 1. The standard InChI is InChI=1S/C20H25ClN4O3S/c1-25-11-12-29-20(25)24-23-19(28)17(26)16(14-9-5-6-10-15(14)21)22-18(27)13-7-3-2-4-8-13/h5-6,9-10,13,16H,2-4,7-8,11-12H2,1H3,(H,22,27)(H,23,28)/b24-20-. The Kier molecular flexibility index (Phi) is 7.55. The molecule has 9 heteroatoms. The van der Waals surface area contributed by atoms with E-state index in [2.05, 4.69) is 15.8 Å². The third-order valence-electron chi connectivity index (χ3n) is 5.20. The molecule has 1 atom stereocenters. The van der Waals surface area contributed by atoms with Crippen LogP contribution in [0.3, 0.4) is 0 Å². The van der Waals surface area contributed by atoms with E-state index in [-0.39, 0.29) is 11.8 Å². The Hall–Kier alpha value is -2.06. The van der Waals surface area contributed by atoms with Gasteiger partial charge in [-0.2, -0.15) is 0 Å². The van der Waals surface area contributed by atoms with Gasteiger partial charge in [-0.15, -0.1) is 5.10 Å². The summed E-state index contributed by atoms with van der Waals surface area (Å²) in [4.78, 5) is 40.1. The highest BCUT2D eigenvalue weighted by Crippen LogP contribution is 2.27. The second kappa shape index (κ2) is 10.1. The van der Waals surface area contributed by atoms with Crippen LogP contribution < -0.4 is 10.7 Å². The third kappa shape index (κ3) is 5.51. The first kappa shape index (κ1) is 21.6. The minimum Gasteiger partial charge on any atom is -0.352 e. The summed E-state index contributed by atoms with van der Waals surface area (Å²) >= 11 is 7.76. The zero-order valence-corrected chi connectivity index (χ0v) is 17.9. The molecular formula is C20H25ClN4O3S. The largest absolute Gasteiger partial charge is 0.352 e. The zero-order valence-electron chi connectivity index (χ0n) is 16.3. The molecule has 29 heavy (non-hydrogen) atoms. The molecule has 1 heterocycles. The number of thioether (sulfide) groups is 1. The zero-order chi connectivity index (χ0) is 20.8. The summed E-state index contributed by atoms with van der Waals surface area (Å²) in [6.45, 7) is 0.826. The fraction of sp³-hybridized carbons (Fsp3) is 0.500. The van der Waals surface area contributed by atoms with E-state index < -0.39 is 17.7 Å². The Balaban J connectivity index is 1.76. The molecule has 3 rings (SSSR count). The van der Waals surface area contributed by atoms with Gasteiger partial charge < -0.3 is 10.2 Å². The van der Waals surface area contributed by atoms with Crippen molar-refractivity contribution in [2.24, 2.45) is 11.0 Å². The van der Waals surface area contributed by atoms with Gasteiger partial charge in [-0.1, -0.05) is 60.8 Å². The minimum absolute atomic E-state index is 0.145. The molecule has 1 saturated heterocycles. The van der Waals surface area contributed by atoms with Gasteiger partial charge in [-0.05, 0) is 18.9 Å².